The van der Waals surface area contributed by atoms with Crippen molar-refractivity contribution >= 4 is 5.91 Å². The minimum Gasteiger partial charge on any atom is -0.369 e. The van der Waals surface area contributed by atoms with Crippen molar-refractivity contribution in [1.82, 2.24) is 0 Å². The molecule has 1 aromatic carbocycles. The number of carbonyl (C=O) groups is 1. The summed E-state index contributed by atoms with van der Waals surface area (Å²) in [5.41, 5.74) is 4.62. The van der Waals surface area contributed by atoms with Crippen molar-refractivity contribution < 1.29 is 18.0 Å². The lowest BCUT2D eigenvalue weighted by Crippen LogP contribution is -2.41. The zero-order chi connectivity index (χ0) is 15.1. The Morgan fingerprint density at radius 3 is 2.30 bits per heavy atom. The summed E-state index contributed by atoms with van der Waals surface area (Å²) in [6.07, 6.45) is -2.54. The average Bonchev–Trinajstić information content (AvgIpc) is 3.20. The Bertz CT molecular complexity index is 522. The van der Waals surface area contributed by atoms with Crippen LogP contribution in [0.5, 0.6) is 0 Å². The molecule has 0 aliphatic heterocycles. The van der Waals surface area contributed by atoms with Crippen molar-refractivity contribution in [3.8, 4) is 0 Å². The van der Waals surface area contributed by atoms with E-state index in [1.807, 2.05) is 6.92 Å². The Labute approximate surface area is 116 Å². The Morgan fingerprint density at radius 1 is 1.30 bits per heavy atom. The van der Waals surface area contributed by atoms with Gasteiger partial charge in [-0.25, -0.2) is 0 Å². The van der Waals surface area contributed by atoms with Gasteiger partial charge in [-0.05, 0) is 30.4 Å². The van der Waals surface area contributed by atoms with E-state index >= 15 is 0 Å². The molecule has 1 aliphatic carbocycles. The summed E-state index contributed by atoms with van der Waals surface area (Å²) in [4.78, 5) is 11.5. The maximum atomic E-state index is 12.8. The summed E-state index contributed by atoms with van der Waals surface area (Å²) in [7, 11) is 0. The van der Waals surface area contributed by atoms with Crippen LogP contribution in [0.4, 0.5) is 13.2 Å². The molecule has 0 aromatic heterocycles. The van der Waals surface area contributed by atoms with Crippen molar-refractivity contribution in [2.45, 2.75) is 38.3 Å². The summed E-state index contributed by atoms with van der Waals surface area (Å²) < 4.78 is 38.5. The highest BCUT2D eigenvalue weighted by Crippen LogP contribution is 2.52. The molecule has 1 aromatic rings. The molecule has 2 atom stereocenters. The van der Waals surface area contributed by atoms with Crippen molar-refractivity contribution in [2.24, 2.45) is 17.6 Å². The van der Waals surface area contributed by atoms with Crippen molar-refractivity contribution in [1.29, 1.82) is 0 Å². The molecule has 0 saturated heterocycles. The van der Waals surface area contributed by atoms with Gasteiger partial charge in [0.25, 0.3) is 0 Å². The molecule has 0 radical (unpaired) electrons. The third kappa shape index (κ3) is 2.53. The lowest BCUT2D eigenvalue weighted by atomic mass is 9.68. The standard InChI is InChI=1S/C15H18F3NO/c1-9(13(19)20)14(2,10-6-7-10)11-4-3-5-12(8-11)15(16,17)18/h3-5,8-10H,6-7H2,1-2H3,(H2,19,20). The van der Waals surface area contributed by atoms with Crippen LogP contribution in [0.15, 0.2) is 24.3 Å². The van der Waals surface area contributed by atoms with Crippen LogP contribution in [-0.2, 0) is 16.4 Å². The second-order valence-corrected chi connectivity index (χ2v) is 5.76. The first kappa shape index (κ1) is 14.9. The molecular formula is C15H18F3NO. The fraction of sp³-hybridized carbons (Fsp3) is 0.533. The molecule has 1 amide bonds. The highest BCUT2D eigenvalue weighted by Gasteiger charge is 2.48. The Kier molecular flexibility index (Phi) is 3.56. The Balaban J connectivity index is 2.48. The van der Waals surface area contributed by atoms with E-state index in [1.165, 1.54) is 6.07 Å². The minimum atomic E-state index is -4.38. The first-order valence-electron chi connectivity index (χ1n) is 6.64. The first-order chi connectivity index (χ1) is 9.17. The quantitative estimate of drug-likeness (QED) is 0.904. The smallest absolute Gasteiger partial charge is 0.369 e. The number of alkyl halides is 3. The number of nitrogens with two attached hydrogens (primary N) is 1. The second kappa shape index (κ2) is 4.79. The molecule has 1 aliphatic rings. The van der Waals surface area contributed by atoms with Gasteiger partial charge in [0, 0.05) is 11.3 Å². The summed E-state index contributed by atoms with van der Waals surface area (Å²) in [5.74, 6) is -0.760. The zero-order valence-corrected chi connectivity index (χ0v) is 11.5. The van der Waals surface area contributed by atoms with E-state index in [0.717, 1.165) is 25.0 Å². The third-order valence-electron chi connectivity index (χ3n) is 4.56. The monoisotopic (exact) mass is 285 g/mol. The highest BCUT2D eigenvalue weighted by atomic mass is 19.4. The van der Waals surface area contributed by atoms with Gasteiger partial charge in [-0.1, -0.05) is 32.0 Å². The van der Waals surface area contributed by atoms with Crippen LogP contribution in [0.3, 0.4) is 0 Å². The number of halogens is 3. The molecular weight excluding hydrogens is 267 g/mol. The van der Waals surface area contributed by atoms with E-state index < -0.39 is 29.0 Å². The van der Waals surface area contributed by atoms with Gasteiger partial charge >= 0.3 is 6.18 Å². The molecule has 1 fully saturated rings. The minimum absolute atomic E-state index is 0.216. The summed E-state index contributed by atoms with van der Waals surface area (Å²) >= 11 is 0. The fourth-order valence-corrected chi connectivity index (χ4v) is 2.85. The van der Waals surface area contributed by atoms with Gasteiger partial charge in [-0.3, -0.25) is 4.79 Å². The van der Waals surface area contributed by atoms with Crippen LogP contribution in [0.1, 0.15) is 37.8 Å². The summed E-state index contributed by atoms with van der Waals surface area (Å²) in [6.45, 7) is 3.54. The number of primary amides is 1. The maximum absolute atomic E-state index is 12.8. The summed E-state index contributed by atoms with van der Waals surface area (Å²) in [5, 5.41) is 0. The molecule has 0 spiro atoms. The molecule has 1 saturated carbocycles. The van der Waals surface area contributed by atoms with Crippen molar-refractivity contribution in [3.05, 3.63) is 35.4 Å². The third-order valence-corrected chi connectivity index (χ3v) is 4.56. The topological polar surface area (TPSA) is 43.1 Å². The molecule has 0 bridgehead atoms. The molecule has 2 unspecified atom stereocenters. The SMILES string of the molecule is CC(C(N)=O)C(C)(c1cccc(C(F)(F)F)c1)C1CC1. The molecule has 2 nitrogen and oxygen atoms in total. The normalized spacial score (nSPS) is 20.2. The van der Waals surface area contributed by atoms with Gasteiger partial charge in [-0.2, -0.15) is 13.2 Å². The second-order valence-electron chi connectivity index (χ2n) is 5.76. The van der Waals surface area contributed by atoms with Gasteiger partial charge < -0.3 is 5.73 Å². The molecule has 5 heteroatoms. The van der Waals surface area contributed by atoms with Gasteiger partial charge in [0.1, 0.15) is 0 Å². The van der Waals surface area contributed by atoms with Crippen LogP contribution in [0, 0.1) is 11.8 Å². The number of amides is 1. The molecule has 2 N–H and O–H groups in total. The fourth-order valence-electron chi connectivity index (χ4n) is 2.85. The number of carbonyl (C=O) groups excluding carboxylic acids is 1. The van der Waals surface area contributed by atoms with Crippen LogP contribution in [0.2, 0.25) is 0 Å². The van der Waals surface area contributed by atoms with E-state index in [4.69, 9.17) is 5.73 Å². The number of benzene rings is 1. The lowest BCUT2D eigenvalue weighted by Gasteiger charge is -2.35. The van der Waals surface area contributed by atoms with Gasteiger partial charge in [0.15, 0.2) is 0 Å². The van der Waals surface area contributed by atoms with Crippen LogP contribution in [0.25, 0.3) is 0 Å². The maximum Gasteiger partial charge on any atom is 0.416 e. The van der Waals surface area contributed by atoms with Crippen molar-refractivity contribution in [2.75, 3.05) is 0 Å². The van der Waals surface area contributed by atoms with E-state index in [2.05, 4.69) is 0 Å². The molecule has 20 heavy (non-hydrogen) atoms. The van der Waals surface area contributed by atoms with E-state index in [-0.39, 0.29) is 5.92 Å². The van der Waals surface area contributed by atoms with Gasteiger partial charge in [-0.15, -0.1) is 0 Å². The Hall–Kier alpha value is -1.52. The largest absolute Gasteiger partial charge is 0.416 e. The predicted molar refractivity (Wildman–Crippen MR) is 69.9 cm³/mol. The highest BCUT2D eigenvalue weighted by molar-refractivity contribution is 5.78. The number of hydrogen-bond donors (Lipinski definition) is 1. The lowest BCUT2D eigenvalue weighted by molar-refractivity contribution is -0.137. The van der Waals surface area contributed by atoms with Crippen LogP contribution < -0.4 is 5.73 Å². The average molecular weight is 285 g/mol. The van der Waals surface area contributed by atoms with Gasteiger partial charge in [0.05, 0.1) is 5.56 Å². The zero-order valence-electron chi connectivity index (χ0n) is 11.5. The van der Waals surface area contributed by atoms with E-state index in [1.54, 1.807) is 13.0 Å². The molecule has 2 rings (SSSR count). The number of rotatable bonds is 4. The predicted octanol–water partition coefficient (Wildman–Crippen LogP) is 3.49. The molecule has 0 heterocycles. The molecule has 110 valence electrons. The first-order valence-corrected chi connectivity index (χ1v) is 6.64. The van der Waals surface area contributed by atoms with Crippen LogP contribution in [-0.4, -0.2) is 5.91 Å². The number of hydrogen-bond acceptors (Lipinski definition) is 1. The Morgan fingerprint density at radius 2 is 1.85 bits per heavy atom. The van der Waals surface area contributed by atoms with Crippen molar-refractivity contribution in [3.63, 3.8) is 0 Å². The summed E-state index contributed by atoms with van der Waals surface area (Å²) in [6, 6.07) is 5.25. The van der Waals surface area contributed by atoms with E-state index in [0.29, 0.717) is 5.56 Å². The van der Waals surface area contributed by atoms with Crippen LogP contribution >= 0.6 is 0 Å². The van der Waals surface area contributed by atoms with Gasteiger partial charge in [0.2, 0.25) is 5.91 Å². The van der Waals surface area contributed by atoms with E-state index in [9.17, 15) is 18.0 Å².